The molecule has 0 aromatic carbocycles. The molecule has 0 radical (unpaired) electrons. The lowest BCUT2D eigenvalue weighted by Crippen LogP contribution is -3.14. The number of nitrogens with zero attached hydrogens (tertiary/aromatic N) is 1. The first-order chi connectivity index (χ1) is 6.95. The summed E-state index contributed by atoms with van der Waals surface area (Å²) in [5.41, 5.74) is 1.20. The van der Waals surface area contributed by atoms with Crippen molar-refractivity contribution in [3.8, 4) is 0 Å². The summed E-state index contributed by atoms with van der Waals surface area (Å²) in [4.78, 5) is 5.96. The SMILES string of the molecule is c1ccc(CC[NH+]2CCOCC2)nc1. The number of ether oxygens (including phenoxy) is 1. The highest BCUT2D eigenvalue weighted by atomic mass is 16.5. The molecule has 1 fully saturated rings. The summed E-state index contributed by atoms with van der Waals surface area (Å²) >= 11 is 0. The first-order valence-corrected chi connectivity index (χ1v) is 5.26. The molecular formula is C11H17N2O+. The standard InChI is InChI=1S/C11H16N2O/c1-2-5-12-11(3-1)4-6-13-7-9-14-10-8-13/h1-3,5H,4,6-10H2/p+1. The molecule has 0 amide bonds. The van der Waals surface area contributed by atoms with E-state index in [0.717, 1.165) is 32.7 Å². The molecule has 1 saturated heterocycles. The molecular weight excluding hydrogens is 176 g/mol. The van der Waals surface area contributed by atoms with Crippen LogP contribution in [0.3, 0.4) is 0 Å². The Kier molecular flexibility index (Phi) is 3.49. The summed E-state index contributed by atoms with van der Waals surface area (Å²) in [5, 5.41) is 0. The third-order valence-electron chi connectivity index (χ3n) is 2.66. The van der Waals surface area contributed by atoms with Gasteiger partial charge in [-0.3, -0.25) is 4.98 Å². The monoisotopic (exact) mass is 193 g/mol. The molecule has 1 aliphatic rings. The molecule has 0 unspecified atom stereocenters. The van der Waals surface area contributed by atoms with E-state index in [4.69, 9.17) is 4.74 Å². The van der Waals surface area contributed by atoms with Crippen LogP contribution in [0.2, 0.25) is 0 Å². The van der Waals surface area contributed by atoms with Gasteiger partial charge >= 0.3 is 0 Å². The van der Waals surface area contributed by atoms with Crippen LogP contribution >= 0.6 is 0 Å². The van der Waals surface area contributed by atoms with Gasteiger partial charge in [0.05, 0.1) is 19.8 Å². The van der Waals surface area contributed by atoms with Gasteiger partial charge in [-0.1, -0.05) is 6.07 Å². The average molecular weight is 193 g/mol. The zero-order valence-electron chi connectivity index (χ0n) is 8.41. The molecule has 1 aliphatic heterocycles. The molecule has 0 spiro atoms. The quantitative estimate of drug-likeness (QED) is 0.703. The molecule has 3 nitrogen and oxygen atoms in total. The maximum atomic E-state index is 5.32. The predicted octanol–water partition coefficient (Wildman–Crippen LogP) is -0.461. The van der Waals surface area contributed by atoms with Crippen LogP contribution in [0.15, 0.2) is 24.4 Å². The van der Waals surface area contributed by atoms with Gasteiger partial charge in [-0.2, -0.15) is 0 Å². The van der Waals surface area contributed by atoms with Crippen LogP contribution in [0.4, 0.5) is 0 Å². The minimum atomic E-state index is 0.914. The molecule has 2 heterocycles. The van der Waals surface area contributed by atoms with Crippen molar-refractivity contribution < 1.29 is 9.64 Å². The number of hydrogen-bond acceptors (Lipinski definition) is 2. The number of pyridine rings is 1. The van der Waals surface area contributed by atoms with Crippen LogP contribution in [0.1, 0.15) is 5.69 Å². The maximum Gasteiger partial charge on any atom is 0.101 e. The van der Waals surface area contributed by atoms with Gasteiger partial charge in [-0.25, -0.2) is 0 Å². The minimum absolute atomic E-state index is 0.914. The first-order valence-electron chi connectivity index (χ1n) is 5.26. The van der Waals surface area contributed by atoms with Crippen molar-refractivity contribution in [3.63, 3.8) is 0 Å². The van der Waals surface area contributed by atoms with Crippen molar-refractivity contribution >= 4 is 0 Å². The Morgan fingerprint density at radius 1 is 1.29 bits per heavy atom. The van der Waals surface area contributed by atoms with E-state index in [2.05, 4.69) is 17.1 Å². The van der Waals surface area contributed by atoms with E-state index in [0.29, 0.717) is 0 Å². The molecule has 1 aromatic rings. The van der Waals surface area contributed by atoms with Crippen molar-refractivity contribution in [2.24, 2.45) is 0 Å². The molecule has 1 N–H and O–H groups in total. The fourth-order valence-corrected chi connectivity index (χ4v) is 1.76. The van der Waals surface area contributed by atoms with Crippen molar-refractivity contribution in [3.05, 3.63) is 30.1 Å². The largest absolute Gasteiger partial charge is 0.370 e. The number of quaternary nitrogens is 1. The summed E-state index contributed by atoms with van der Waals surface area (Å²) < 4.78 is 5.32. The Morgan fingerprint density at radius 3 is 2.86 bits per heavy atom. The van der Waals surface area contributed by atoms with Gasteiger partial charge in [0.2, 0.25) is 0 Å². The summed E-state index contributed by atoms with van der Waals surface area (Å²) in [6.45, 7) is 5.30. The fraction of sp³-hybridized carbons (Fsp3) is 0.545. The molecule has 2 rings (SSSR count). The van der Waals surface area contributed by atoms with Gasteiger partial charge in [0.15, 0.2) is 0 Å². The normalized spacial score (nSPS) is 18.3. The molecule has 0 aliphatic carbocycles. The molecule has 3 heteroatoms. The Bertz CT molecular complexity index is 257. The maximum absolute atomic E-state index is 5.32. The Balaban J connectivity index is 1.76. The lowest BCUT2D eigenvalue weighted by molar-refractivity contribution is -0.907. The average Bonchev–Trinajstić information content (AvgIpc) is 2.29. The Hall–Kier alpha value is -0.930. The number of hydrogen-bond donors (Lipinski definition) is 1. The topological polar surface area (TPSA) is 26.6 Å². The van der Waals surface area contributed by atoms with Gasteiger partial charge in [-0.15, -0.1) is 0 Å². The molecule has 76 valence electrons. The van der Waals surface area contributed by atoms with Gasteiger partial charge in [0.1, 0.15) is 13.1 Å². The van der Waals surface area contributed by atoms with Crippen LogP contribution in [0.25, 0.3) is 0 Å². The summed E-state index contributed by atoms with van der Waals surface area (Å²) in [7, 11) is 0. The van der Waals surface area contributed by atoms with Crippen LogP contribution < -0.4 is 4.90 Å². The minimum Gasteiger partial charge on any atom is -0.370 e. The van der Waals surface area contributed by atoms with Crippen molar-refractivity contribution in [2.75, 3.05) is 32.8 Å². The van der Waals surface area contributed by atoms with Gasteiger partial charge in [0, 0.05) is 18.3 Å². The molecule has 14 heavy (non-hydrogen) atoms. The van der Waals surface area contributed by atoms with Crippen molar-refractivity contribution in [1.82, 2.24) is 4.98 Å². The second kappa shape index (κ2) is 5.08. The molecule has 0 bridgehead atoms. The van der Waals surface area contributed by atoms with Crippen LogP contribution in [0.5, 0.6) is 0 Å². The summed E-state index contributed by atoms with van der Waals surface area (Å²) in [5.74, 6) is 0. The van der Waals surface area contributed by atoms with E-state index in [1.807, 2.05) is 12.3 Å². The lowest BCUT2D eigenvalue weighted by atomic mass is 10.2. The van der Waals surface area contributed by atoms with Crippen molar-refractivity contribution in [1.29, 1.82) is 0 Å². The van der Waals surface area contributed by atoms with Crippen LogP contribution in [-0.2, 0) is 11.2 Å². The molecule has 0 atom stereocenters. The predicted molar refractivity (Wildman–Crippen MR) is 54.3 cm³/mol. The third kappa shape index (κ3) is 2.79. The highest BCUT2D eigenvalue weighted by molar-refractivity contribution is 5.03. The lowest BCUT2D eigenvalue weighted by Gasteiger charge is -2.23. The summed E-state index contributed by atoms with van der Waals surface area (Å²) in [6.07, 6.45) is 2.94. The van der Waals surface area contributed by atoms with E-state index >= 15 is 0 Å². The van der Waals surface area contributed by atoms with E-state index in [-0.39, 0.29) is 0 Å². The van der Waals surface area contributed by atoms with Gasteiger partial charge in [0.25, 0.3) is 0 Å². The van der Waals surface area contributed by atoms with E-state index in [1.54, 1.807) is 4.90 Å². The smallest absolute Gasteiger partial charge is 0.101 e. The second-order valence-corrected chi connectivity index (χ2v) is 3.68. The van der Waals surface area contributed by atoms with Crippen LogP contribution in [-0.4, -0.2) is 37.8 Å². The Morgan fingerprint density at radius 2 is 2.14 bits per heavy atom. The second-order valence-electron chi connectivity index (χ2n) is 3.68. The van der Waals surface area contributed by atoms with Gasteiger partial charge < -0.3 is 9.64 Å². The fourth-order valence-electron chi connectivity index (χ4n) is 1.76. The number of morpholine rings is 1. The Labute approximate surface area is 84.7 Å². The highest BCUT2D eigenvalue weighted by Crippen LogP contribution is 1.92. The molecule has 1 aromatic heterocycles. The highest BCUT2D eigenvalue weighted by Gasteiger charge is 2.13. The van der Waals surface area contributed by atoms with E-state index < -0.39 is 0 Å². The van der Waals surface area contributed by atoms with E-state index in [9.17, 15) is 0 Å². The van der Waals surface area contributed by atoms with E-state index in [1.165, 1.54) is 12.2 Å². The number of aromatic nitrogens is 1. The van der Waals surface area contributed by atoms with Crippen LogP contribution in [0, 0.1) is 0 Å². The third-order valence-corrected chi connectivity index (χ3v) is 2.66. The number of nitrogens with one attached hydrogen (secondary N) is 1. The zero-order valence-corrected chi connectivity index (χ0v) is 8.41. The first kappa shape index (κ1) is 9.62. The zero-order chi connectivity index (χ0) is 9.64. The van der Waals surface area contributed by atoms with Gasteiger partial charge in [-0.05, 0) is 12.1 Å². The summed E-state index contributed by atoms with van der Waals surface area (Å²) in [6, 6.07) is 6.11. The molecule has 0 saturated carbocycles. The van der Waals surface area contributed by atoms with Crippen molar-refractivity contribution in [2.45, 2.75) is 6.42 Å². The number of rotatable bonds is 3.